The van der Waals surface area contributed by atoms with Gasteiger partial charge in [-0.3, -0.25) is 0 Å². The molecule has 2 unspecified atom stereocenters. The summed E-state index contributed by atoms with van der Waals surface area (Å²) in [5.74, 6) is 0.801. The van der Waals surface area contributed by atoms with Crippen molar-refractivity contribution in [1.29, 1.82) is 0 Å². The second kappa shape index (κ2) is 22.6. The van der Waals surface area contributed by atoms with Gasteiger partial charge in [-0.15, -0.1) is 6.58 Å². The van der Waals surface area contributed by atoms with E-state index in [-0.39, 0.29) is 5.41 Å². The predicted octanol–water partition coefficient (Wildman–Crippen LogP) is 20.1. The molecule has 0 radical (unpaired) electrons. The van der Waals surface area contributed by atoms with E-state index in [1.165, 1.54) is 111 Å². The van der Waals surface area contributed by atoms with Crippen molar-refractivity contribution in [1.82, 2.24) is 4.57 Å². The summed E-state index contributed by atoms with van der Waals surface area (Å²) in [7, 11) is 0. The van der Waals surface area contributed by atoms with Crippen molar-refractivity contribution >= 4 is 21.8 Å². The van der Waals surface area contributed by atoms with Crippen LogP contribution in [-0.4, -0.2) is 4.57 Å². The van der Waals surface area contributed by atoms with Crippen LogP contribution in [0.3, 0.4) is 0 Å². The molecule has 70 heavy (non-hydrogen) atoms. The van der Waals surface area contributed by atoms with Crippen LogP contribution in [0.4, 0.5) is 0 Å². The molecule has 7 aromatic carbocycles. The van der Waals surface area contributed by atoms with E-state index in [1.54, 1.807) is 6.08 Å². The lowest BCUT2D eigenvalue weighted by Gasteiger charge is -2.24. The Morgan fingerprint density at radius 2 is 1.30 bits per heavy atom. The summed E-state index contributed by atoms with van der Waals surface area (Å²) in [5, 5.41) is 2.54. The second-order valence-electron chi connectivity index (χ2n) is 19.4. The number of aryl methyl sites for hydroxylation is 1. The fourth-order valence-corrected chi connectivity index (χ4v) is 10.5. The van der Waals surface area contributed by atoms with Crippen LogP contribution in [0.2, 0.25) is 0 Å². The van der Waals surface area contributed by atoms with E-state index in [2.05, 4.69) is 224 Å². The van der Waals surface area contributed by atoms with Crippen LogP contribution < -0.4 is 0 Å². The summed E-state index contributed by atoms with van der Waals surface area (Å²) in [6.07, 6.45) is 17.3. The second-order valence-corrected chi connectivity index (χ2v) is 19.4. The number of hydrogen-bond acceptors (Lipinski definition) is 0. The molecule has 1 nitrogen and oxygen atoms in total. The average molecular weight is 918 g/mol. The third kappa shape index (κ3) is 10.2. The van der Waals surface area contributed by atoms with E-state index in [4.69, 9.17) is 0 Å². The Balaban J connectivity index is 0.000000658. The van der Waals surface area contributed by atoms with E-state index in [1.807, 2.05) is 45.9 Å². The van der Waals surface area contributed by atoms with Crippen LogP contribution in [0.25, 0.3) is 72.0 Å². The van der Waals surface area contributed by atoms with Crippen molar-refractivity contribution in [2.45, 2.75) is 107 Å². The average Bonchev–Trinajstić information content (AvgIpc) is 3.83. The summed E-state index contributed by atoms with van der Waals surface area (Å²) < 4.78 is 2.46. The molecule has 0 amide bonds. The number of allylic oxidation sites excluding steroid dienone is 8. The topological polar surface area (TPSA) is 4.93 Å². The highest BCUT2D eigenvalue weighted by atomic mass is 15.0. The molecule has 0 N–H and O–H groups in total. The molecule has 9 rings (SSSR count). The highest BCUT2D eigenvalue weighted by Crippen LogP contribution is 2.50. The van der Waals surface area contributed by atoms with Gasteiger partial charge in [-0.25, -0.2) is 0 Å². The summed E-state index contributed by atoms with van der Waals surface area (Å²) in [5.41, 5.74) is 23.7. The maximum absolute atomic E-state index is 4.09. The highest BCUT2D eigenvalue weighted by molar-refractivity contribution is 6.10. The zero-order valence-corrected chi connectivity index (χ0v) is 44.0. The van der Waals surface area contributed by atoms with Gasteiger partial charge in [0, 0.05) is 21.9 Å². The third-order valence-electron chi connectivity index (χ3n) is 14.4. The van der Waals surface area contributed by atoms with Crippen molar-refractivity contribution in [2.24, 2.45) is 5.92 Å². The van der Waals surface area contributed by atoms with Crippen molar-refractivity contribution in [3.8, 4) is 50.2 Å². The van der Waals surface area contributed by atoms with E-state index in [0.29, 0.717) is 11.8 Å². The number of hydrogen-bond donors (Lipinski definition) is 0. The molecule has 0 fully saturated rings. The zero-order valence-electron chi connectivity index (χ0n) is 44.0. The molecule has 1 aliphatic carbocycles. The van der Waals surface area contributed by atoms with Gasteiger partial charge in [-0.05, 0) is 167 Å². The summed E-state index contributed by atoms with van der Waals surface area (Å²) in [4.78, 5) is 0. The third-order valence-corrected chi connectivity index (χ3v) is 14.4. The van der Waals surface area contributed by atoms with Crippen LogP contribution in [0.15, 0.2) is 201 Å². The molecule has 0 aliphatic heterocycles. The smallest absolute Gasteiger partial charge is 0.0547 e. The molecule has 1 aromatic heterocycles. The minimum atomic E-state index is -0.00667. The highest BCUT2D eigenvalue weighted by Gasteiger charge is 2.35. The van der Waals surface area contributed by atoms with Gasteiger partial charge in [0.05, 0.1) is 11.0 Å². The largest absolute Gasteiger partial charge is 0.309 e. The molecular weight excluding hydrogens is 843 g/mol. The number of aromatic nitrogens is 1. The quantitative estimate of drug-likeness (QED) is 0.0802. The van der Waals surface area contributed by atoms with Gasteiger partial charge in [-0.1, -0.05) is 212 Å². The number of rotatable bonds is 13. The van der Waals surface area contributed by atoms with E-state index >= 15 is 0 Å². The maximum Gasteiger partial charge on any atom is 0.0547 e. The van der Waals surface area contributed by atoms with Gasteiger partial charge >= 0.3 is 0 Å². The van der Waals surface area contributed by atoms with Crippen LogP contribution in [-0.2, 0) is 18.3 Å². The molecule has 1 heterocycles. The Hall–Kier alpha value is -6.96. The zero-order chi connectivity index (χ0) is 50.1. The van der Waals surface area contributed by atoms with E-state index in [9.17, 15) is 0 Å². The minimum absolute atomic E-state index is 0.00667. The lowest BCUT2D eigenvalue weighted by Crippen LogP contribution is -2.14. The SMILES string of the molecule is C=C/C=C(C)\C=C/C.C=CC(C)Cc1cc(-c2ccc3c4ccccc4n(-c4ccc(-c5c(C)ccc(-c6ccc7c(c6)-c6ccccc6C7(C)C)c5C(C)CC)cc4)c3c2)ccc1C/C=C\C.CC. The molecule has 0 saturated heterocycles. The first-order valence-electron chi connectivity index (χ1n) is 25.7. The summed E-state index contributed by atoms with van der Waals surface area (Å²) >= 11 is 0. The first kappa shape index (κ1) is 50.9. The monoisotopic (exact) mass is 918 g/mol. The Morgan fingerprint density at radius 1 is 0.643 bits per heavy atom. The van der Waals surface area contributed by atoms with Crippen molar-refractivity contribution in [3.63, 3.8) is 0 Å². The fourth-order valence-electron chi connectivity index (χ4n) is 10.5. The molecule has 8 aromatic rings. The van der Waals surface area contributed by atoms with Crippen molar-refractivity contribution in [3.05, 3.63) is 234 Å². The first-order chi connectivity index (χ1) is 33.9. The van der Waals surface area contributed by atoms with Crippen LogP contribution in [0, 0.1) is 12.8 Å². The Kier molecular flexibility index (Phi) is 16.5. The molecule has 0 spiro atoms. The standard InChI is InChI=1S/C59H57N.C8H12.C2H6/c1-9-12-17-41-23-24-43(35-46(41)34-38(4)10-2)44-27-32-51-50-19-14-16-21-55(50)60(56(51)37-44)47-29-25-42(26-30-47)57-40(6)22-31-48(58(57)39(5)11-3)45-28-33-54-52(36-45)49-18-13-15-20-53(49)59(54,7)8;1-4-6-8(3)7-5-2;1-2/h9-10,12-16,18-33,35-39H,2,11,17,34H2,1,3-8H3;4-7H,1H2,2-3H3;1-2H3/b12-9-;7-5-,8-6-;. The predicted molar refractivity (Wildman–Crippen MR) is 310 cm³/mol. The molecule has 0 bridgehead atoms. The number of fused-ring (bicyclic) bond motifs is 6. The number of nitrogens with zero attached hydrogens (tertiary/aromatic N) is 1. The molecule has 1 aliphatic rings. The van der Waals surface area contributed by atoms with E-state index in [0.717, 1.165) is 19.3 Å². The fraction of sp³-hybridized carbons (Fsp3) is 0.246. The van der Waals surface area contributed by atoms with Gasteiger partial charge < -0.3 is 4.57 Å². The number of benzene rings is 7. The Bertz CT molecular complexity index is 3230. The van der Waals surface area contributed by atoms with Crippen molar-refractivity contribution in [2.75, 3.05) is 0 Å². The van der Waals surface area contributed by atoms with Gasteiger partial charge in [0.1, 0.15) is 0 Å². The lowest BCUT2D eigenvalue weighted by molar-refractivity contribution is 0.660. The molecular formula is C69H75N. The molecule has 2 atom stereocenters. The van der Waals surface area contributed by atoms with Gasteiger partial charge in [0.2, 0.25) is 0 Å². The molecule has 1 heteroatoms. The maximum atomic E-state index is 4.09. The van der Waals surface area contributed by atoms with Crippen LogP contribution >= 0.6 is 0 Å². The Morgan fingerprint density at radius 3 is 2.01 bits per heavy atom. The summed E-state index contributed by atoms with van der Waals surface area (Å²) in [6, 6.07) is 53.2. The Labute approximate surface area is 421 Å². The molecule has 0 saturated carbocycles. The van der Waals surface area contributed by atoms with Gasteiger partial charge in [0.25, 0.3) is 0 Å². The first-order valence-corrected chi connectivity index (χ1v) is 25.7. The van der Waals surface area contributed by atoms with Crippen LogP contribution in [0.1, 0.15) is 115 Å². The van der Waals surface area contributed by atoms with Crippen molar-refractivity contribution < 1.29 is 0 Å². The van der Waals surface area contributed by atoms with Crippen LogP contribution in [0.5, 0.6) is 0 Å². The van der Waals surface area contributed by atoms with E-state index < -0.39 is 0 Å². The normalized spacial score (nSPS) is 13.6. The molecule has 356 valence electrons. The lowest BCUT2D eigenvalue weighted by atomic mass is 9.80. The minimum Gasteiger partial charge on any atom is -0.309 e. The van der Waals surface area contributed by atoms with Gasteiger partial charge in [0.15, 0.2) is 0 Å². The summed E-state index contributed by atoms with van der Waals surface area (Å²) in [6.45, 7) is 31.8. The van der Waals surface area contributed by atoms with Gasteiger partial charge in [-0.2, -0.15) is 0 Å². The number of para-hydroxylation sites is 1.